The molecule has 0 fully saturated rings. The molecule has 0 amide bonds. The maximum atomic E-state index is 10.5. The summed E-state index contributed by atoms with van der Waals surface area (Å²) in [5, 5.41) is 26.1. The third-order valence-corrected chi connectivity index (χ3v) is 1.70. The SMILES string of the molecule is O=C(O)c1ccc(N=C[C@@H](O)CO)cc1. The summed E-state index contributed by atoms with van der Waals surface area (Å²) in [6.07, 6.45) is 0.194. The van der Waals surface area contributed by atoms with Crippen LogP contribution in [0.25, 0.3) is 0 Å². The number of aliphatic hydroxyl groups is 2. The predicted molar refractivity (Wildman–Crippen MR) is 54.6 cm³/mol. The van der Waals surface area contributed by atoms with Gasteiger partial charge in [0.1, 0.15) is 6.10 Å². The van der Waals surface area contributed by atoms with Crippen LogP contribution < -0.4 is 0 Å². The zero-order valence-corrected chi connectivity index (χ0v) is 7.87. The Hall–Kier alpha value is -1.72. The highest BCUT2D eigenvalue weighted by Gasteiger charge is 2.01. The van der Waals surface area contributed by atoms with Crippen LogP contribution in [0.2, 0.25) is 0 Å². The van der Waals surface area contributed by atoms with Gasteiger partial charge in [-0.3, -0.25) is 4.99 Å². The molecule has 0 saturated carbocycles. The van der Waals surface area contributed by atoms with Gasteiger partial charge in [0.15, 0.2) is 0 Å². The van der Waals surface area contributed by atoms with Crippen LogP contribution in [-0.2, 0) is 0 Å². The molecule has 0 bridgehead atoms. The van der Waals surface area contributed by atoms with E-state index < -0.39 is 18.7 Å². The van der Waals surface area contributed by atoms with Gasteiger partial charge in [0.25, 0.3) is 0 Å². The quantitative estimate of drug-likeness (QED) is 0.627. The lowest BCUT2D eigenvalue weighted by atomic mass is 10.2. The standard InChI is InChI=1S/C10H11NO4/c12-6-9(13)5-11-8-3-1-7(2-4-8)10(14)15/h1-5,9,12-13H,6H2,(H,14,15)/t9-/m1/s1. The minimum absolute atomic E-state index is 0.177. The lowest BCUT2D eigenvalue weighted by Gasteiger charge is -1.98. The van der Waals surface area contributed by atoms with E-state index in [1.807, 2.05) is 0 Å². The highest BCUT2D eigenvalue weighted by atomic mass is 16.4. The molecule has 5 nitrogen and oxygen atoms in total. The topological polar surface area (TPSA) is 90.1 Å². The molecule has 1 aromatic rings. The molecule has 0 aliphatic carbocycles. The van der Waals surface area contributed by atoms with Crippen molar-refractivity contribution >= 4 is 17.9 Å². The van der Waals surface area contributed by atoms with Crippen molar-refractivity contribution in [1.29, 1.82) is 0 Å². The molecule has 80 valence electrons. The second-order valence-electron chi connectivity index (χ2n) is 2.88. The van der Waals surface area contributed by atoms with Crippen molar-refractivity contribution in [2.45, 2.75) is 6.10 Å². The normalized spacial score (nSPS) is 12.9. The summed E-state index contributed by atoms with van der Waals surface area (Å²) in [6.45, 7) is -0.392. The summed E-state index contributed by atoms with van der Waals surface area (Å²) in [7, 11) is 0. The van der Waals surface area contributed by atoms with Gasteiger partial charge >= 0.3 is 5.97 Å². The van der Waals surface area contributed by atoms with Crippen molar-refractivity contribution in [3.8, 4) is 0 Å². The van der Waals surface area contributed by atoms with Crippen molar-refractivity contribution in [3.05, 3.63) is 29.8 Å². The molecule has 15 heavy (non-hydrogen) atoms. The maximum Gasteiger partial charge on any atom is 0.335 e. The van der Waals surface area contributed by atoms with Gasteiger partial charge in [-0.25, -0.2) is 4.79 Å². The number of aliphatic imine (C=N–C) groups is 1. The Labute approximate surface area is 86.3 Å². The summed E-state index contributed by atoms with van der Waals surface area (Å²) < 4.78 is 0. The summed E-state index contributed by atoms with van der Waals surface area (Å²) in [5.41, 5.74) is 0.698. The lowest BCUT2D eigenvalue weighted by molar-refractivity contribution is 0.0697. The molecule has 0 radical (unpaired) electrons. The molecule has 0 heterocycles. The van der Waals surface area contributed by atoms with Gasteiger partial charge in [-0.15, -0.1) is 0 Å². The number of carboxylic acids is 1. The van der Waals surface area contributed by atoms with Gasteiger partial charge in [-0.05, 0) is 24.3 Å². The van der Waals surface area contributed by atoms with Gasteiger partial charge in [0.05, 0.1) is 17.9 Å². The molecule has 0 aromatic heterocycles. The third kappa shape index (κ3) is 3.49. The van der Waals surface area contributed by atoms with Gasteiger partial charge in [-0.1, -0.05) is 0 Å². The highest BCUT2D eigenvalue weighted by molar-refractivity contribution is 5.88. The summed E-state index contributed by atoms with van der Waals surface area (Å²) in [5.74, 6) is -0.999. The predicted octanol–water partition coefficient (Wildman–Crippen LogP) is 0.440. The number of hydrogen-bond acceptors (Lipinski definition) is 4. The lowest BCUT2D eigenvalue weighted by Crippen LogP contribution is -2.12. The first-order valence-electron chi connectivity index (χ1n) is 4.30. The molecule has 0 unspecified atom stereocenters. The van der Waals surface area contributed by atoms with Crippen molar-refractivity contribution in [1.82, 2.24) is 0 Å². The second-order valence-corrected chi connectivity index (χ2v) is 2.88. The number of nitrogens with zero attached hydrogens (tertiary/aromatic N) is 1. The number of aromatic carboxylic acids is 1. The number of hydrogen-bond donors (Lipinski definition) is 3. The highest BCUT2D eigenvalue weighted by Crippen LogP contribution is 2.12. The minimum Gasteiger partial charge on any atom is -0.478 e. The van der Waals surface area contributed by atoms with E-state index in [0.29, 0.717) is 5.69 Å². The average molecular weight is 209 g/mol. The average Bonchev–Trinajstić information content (AvgIpc) is 2.26. The molecule has 1 atom stereocenters. The molecule has 3 N–H and O–H groups in total. The molecule has 5 heteroatoms. The zero-order chi connectivity index (χ0) is 11.3. The first-order chi connectivity index (χ1) is 7.13. The Morgan fingerprint density at radius 3 is 2.47 bits per heavy atom. The van der Waals surface area contributed by atoms with Crippen LogP contribution in [-0.4, -0.2) is 40.2 Å². The van der Waals surface area contributed by atoms with Gasteiger partial charge in [-0.2, -0.15) is 0 Å². The van der Waals surface area contributed by atoms with E-state index in [1.165, 1.54) is 30.5 Å². The van der Waals surface area contributed by atoms with Crippen LogP contribution in [0.15, 0.2) is 29.3 Å². The van der Waals surface area contributed by atoms with Crippen molar-refractivity contribution in [2.75, 3.05) is 6.61 Å². The van der Waals surface area contributed by atoms with Crippen LogP contribution in [0, 0.1) is 0 Å². The molecule has 0 aliphatic rings. The Bertz CT molecular complexity index is 358. The molecular weight excluding hydrogens is 198 g/mol. The molecule has 0 saturated heterocycles. The monoisotopic (exact) mass is 209 g/mol. The number of benzene rings is 1. The molecular formula is C10H11NO4. The Balaban J connectivity index is 2.72. The van der Waals surface area contributed by atoms with E-state index in [4.69, 9.17) is 15.3 Å². The van der Waals surface area contributed by atoms with Crippen molar-refractivity contribution in [2.24, 2.45) is 4.99 Å². The van der Waals surface area contributed by atoms with E-state index in [9.17, 15) is 4.79 Å². The van der Waals surface area contributed by atoms with Crippen LogP contribution >= 0.6 is 0 Å². The van der Waals surface area contributed by atoms with Gasteiger partial charge < -0.3 is 15.3 Å². The van der Waals surface area contributed by atoms with E-state index >= 15 is 0 Å². The van der Waals surface area contributed by atoms with Crippen molar-refractivity contribution < 1.29 is 20.1 Å². The minimum atomic E-state index is -0.999. The zero-order valence-electron chi connectivity index (χ0n) is 7.87. The molecule has 1 rings (SSSR count). The fraction of sp³-hybridized carbons (Fsp3) is 0.200. The summed E-state index contributed by atoms with van der Waals surface area (Å²) in [6, 6.07) is 5.87. The van der Waals surface area contributed by atoms with Crippen molar-refractivity contribution in [3.63, 3.8) is 0 Å². The Morgan fingerprint density at radius 1 is 1.40 bits per heavy atom. The molecule has 0 spiro atoms. The van der Waals surface area contributed by atoms with Crippen LogP contribution in [0.5, 0.6) is 0 Å². The van der Waals surface area contributed by atoms with E-state index in [2.05, 4.69) is 4.99 Å². The molecule has 0 aliphatic heterocycles. The fourth-order valence-corrected chi connectivity index (χ4v) is 0.909. The number of carboxylic acid groups (broad SMARTS) is 1. The first-order valence-corrected chi connectivity index (χ1v) is 4.30. The van der Waals surface area contributed by atoms with Gasteiger partial charge in [0.2, 0.25) is 0 Å². The fourth-order valence-electron chi connectivity index (χ4n) is 0.909. The number of rotatable bonds is 4. The van der Waals surface area contributed by atoms with E-state index in [1.54, 1.807) is 0 Å². The van der Waals surface area contributed by atoms with Crippen LogP contribution in [0.3, 0.4) is 0 Å². The van der Waals surface area contributed by atoms with Crippen LogP contribution in [0.4, 0.5) is 5.69 Å². The third-order valence-electron chi connectivity index (χ3n) is 1.70. The number of aliphatic hydroxyl groups excluding tert-OH is 2. The smallest absolute Gasteiger partial charge is 0.335 e. The summed E-state index contributed by atoms with van der Waals surface area (Å²) in [4.78, 5) is 14.4. The number of carbonyl (C=O) groups is 1. The maximum absolute atomic E-state index is 10.5. The Morgan fingerprint density at radius 2 is 2.00 bits per heavy atom. The Kier molecular flexibility index (Phi) is 3.96. The largest absolute Gasteiger partial charge is 0.478 e. The van der Waals surface area contributed by atoms with E-state index in [0.717, 1.165) is 0 Å². The van der Waals surface area contributed by atoms with E-state index in [-0.39, 0.29) is 5.56 Å². The molecule has 1 aromatic carbocycles. The second kappa shape index (κ2) is 5.23. The van der Waals surface area contributed by atoms with Gasteiger partial charge in [0, 0.05) is 6.21 Å². The summed E-state index contributed by atoms with van der Waals surface area (Å²) >= 11 is 0. The van der Waals surface area contributed by atoms with Crippen LogP contribution in [0.1, 0.15) is 10.4 Å². The first kappa shape index (κ1) is 11.4.